The van der Waals surface area contributed by atoms with E-state index in [1.165, 1.54) is 22.2 Å². The second-order valence-electron chi connectivity index (χ2n) is 4.39. The first-order valence-corrected chi connectivity index (χ1v) is 8.41. The summed E-state index contributed by atoms with van der Waals surface area (Å²) in [5.74, 6) is 0.00173. The zero-order valence-electron chi connectivity index (χ0n) is 11.5. The molecule has 7 nitrogen and oxygen atoms in total. The largest absolute Gasteiger partial charge is 0.381 e. The number of thiazole rings is 1. The minimum absolute atomic E-state index is 0.000483. The molecule has 0 saturated heterocycles. The highest BCUT2D eigenvalue weighted by atomic mass is 32.2. The number of nitrogens with one attached hydrogen (secondary N) is 1. The van der Waals surface area contributed by atoms with Crippen LogP contribution < -0.4 is 10.5 Å². The highest BCUT2D eigenvalue weighted by Crippen LogP contribution is 2.23. The molecule has 0 aliphatic heterocycles. The Balaban J connectivity index is 2.24. The van der Waals surface area contributed by atoms with Crippen molar-refractivity contribution in [3.05, 3.63) is 22.3 Å². The van der Waals surface area contributed by atoms with E-state index in [2.05, 4.69) is 14.8 Å². The third-order valence-electron chi connectivity index (χ3n) is 2.71. The molecule has 2 aromatic rings. The van der Waals surface area contributed by atoms with E-state index >= 15 is 0 Å². The van der Waals surface area contributed by atoms with Crippen molar-refractivity contribution in [3.63, 3.8) is 0 Å². The molecule has 0 saturated carbocycles. The van der Waals surface area contributed by atoms with Crippen molar-refractivity contribution in [2.45, 2.75) is 38.3 Å². The van der Waals surface area contributed by atoms with Crippen LogP contribution in [0.2, 0.25) is 0 Å². The summed E-state index contributed by atoms with van der Waals surface area (Å²) in [7, 11) is -3.71. The molecular formula is C11H17N5O2S2. The maximum Gasteiger partial charge on any atom is 0.246 e. The van der Waals surface area contributed by atoms with Crippen LogP contribution in [-0.2, 0) is 16.6 Å². The van der Waals surface area contributed by atoms with Crippen molar-refractivity contribution in [2.24, 2.45) is 0 Å². The molecule has 1 atom stereocenters. The predicted octanol–water partition coefficient (Wildman–Crippen LogP) is 1.29. The van der Waals surface area contributed by atoms with Crippen molar-refractivity contribution in [1.29, 1.82) is 0 Å². The number of aromatic nitrogens is 3. The first-order valence-electron chi connectivity index (χ1n) is 6.11. The van der Waals surface area contributed by atoms with Crippen LogP contribution in [0.15, 0.2) is 17.3 Å². The molecule has 0 spiro atoms. The molecule has 2 heterocycles. The normalized spacial score (nSPS) is 13.6. The van der Waals surface area contributed by atoms with Gasteiger partial charge in [-0.05, 0) is 20.8 Å². The lowest BCUT2D eigenvalue weighted by molar-refractivity contribution is 0.566. The van der Waals surface area contributed by atoms with Gasteiger partial charge in [-0.3, -0.25) is 4.68 Å². The van der Waals surface area contributed by atoms with Gasteiger partial charge in [-0.2, -0.15) is 5.10 Å². The Kier molecular flexibility index (Phi) is 4.11. The average molecular weight is 315 g/mol. The first-order chi connectivity index (χ1) is 9.33. The van der Waals surface area contributed by atoms with Crippen molar-refractivity contribution in [2.75, 3.05) is 5.73 Å². The lowest BCUT2D eigenvalue weighted by Gasteiger charge is -2.10. The molecule has 2 rings (SSSR count). The van der Waals surface area contributed by atoms with Gasteiger partial charge in [0.25, 0.3) is 0 Å². The maximum atomic E-state index is 12.3. The van der Waals surface area contributed by atoms with Gasteiger partial charge in [0.05, 0.1) is 6.04 Å². The number of anilines is 1. The molecule has 0 fully saturated rings. The van der Waals surface area contributed by atoms with Gasteiger partial charge < -0.3 is 5.73 Å². The summed E-state index contributed by atoms with van der Waals surface area (Å²) in [6.07, 6.45) is 3.14. The summed E-state index contributed by atoms with van der Waals surface area (Å²) < 4.78 is 28.7. The standard InChI is InChI=1S/C11H17N5O2S2/c1-4-16-6-9(10(12)14-16)20(17,18)15-8(3)11-13-5-7(2)19-11/h5-6,8,15H,4H2,1-3H3,(H2,12,14). The predicted molar refractivity (Wildman–Crippen MR) is 77.9 cm³/mol. The summed E-state index contributed by atoms with van der Waals surface area (Å²) in [5.41, 5.74) is 5.66. The van der Waals surface area contributed by atoms with Gasteiger partial charge in [0.1, 0.15) is 9.90 Å². The average Bonchev–Trinajstić information content (AvgIpc) is 2.95. The highest BCUT2D eigenvalue weighted by molar-refractivity contribution is 7.89. The molecular weight excluding hydrogens is 298 g/mol. The van der Waals surface area contributed by atoms with E-state index in [4.69, 9.17) is 5.73 Å². The molecule has 1 unspecified atom stereocenters. The van der Waals surface area contributed by atoms with E-state index in [-0.39, 0.29) is 10.7 Å². The molecule has 0 amide bonds. The van der Waals surface area contributed by atoms with Crippen LogP contribution in [0.5, 0.6) is 0 Å². The smallest absolute Gasteiger partial charge is 0.246 e. The highest BCUT2D eigenvalue weighted by Gasteiger charge is 2.24. The fraction of sp³-hybridized carbons (Fsp3) is 0.455. The molecule has 20 heavy (non-hydrogen) atoms. The zero-order valence-corrected chi connectivity index (χ0v) is 13.1. The Morgan fingerprint density at radius 2 is 2.25 bits per heavy atom. The van der Waals surface area contributed by atoms with E-state index in [1.807, 2.05) is 13.8 Å². The molecule has 0 radical (unpaired) electrons. The van der Waals surface area contributed by atoms with Gasteiger partial charge >= 0.3 is 0 Å². The Labute approximate surface area is 121 Å². The molecule has 9 heteroatoms. The minimum atomic E-state index is -3.71. The Bertz CT molecular complexity index is 704. The molecule has 110 valence electrons. The van der Waals surface area contributed by atoms with Crippen molar-refractivity contribution < 1.29 is 8.42 Å². The number of rotatable bonds is 5. The van der Waals surface area contributed by atoms with E-state index in [0.29, 0.717) is 11.6 Å². The number of nitrogen functional groups attached to an aromatic ring is 1. The number of sulfonamides is 1. The summed E-state index contributed by atoms with van der Waals surface area (Å²) in [5, 5.41) is 4.66. The van der Waals surface area contributed by atoms with E-state index in [0.717, 1.165) is 4.88 Å². The molecule has 3 N–H and O–H groups in total. The van der Waals surface area contributed by atoms with Gasteiger partial charge in [0.15, 0.2) is 5.82 Å². The number of aryl methyl sites for hydroxylation is 2. The van der Waals surface area contributed by atoms with Crippen LogP contribution in [0.3, 0.4) is 0 Å². The van der Waals surface area contributed by atoms with Crippen LogP contribution in [0.1, 0.15) is 29.8 Å². The number of nitrogens with two attached hydrogens (primary N) is 1. The summed E-state index contributed by atoms with van der Waals surface area (Å²) in [6.45, 7) is 6.08. The second kappa shape index (κ2) is 5.51. The van der Waals surface area contributed by atoms with Gasteiger partial charge in [0.2, 0.25) is 10.0 Å². The topological polar surface area (TPSA) is 103 Å². The van der Waals surface area contributed by atoms with Crippen LogP contribution >= 0.6 is 11.3 Å². The Hall–Kier alpha value is -1.45. The monoisotopic (exact) mass is 315 g/mol. The lowest BCUT2D eigenvalue weighted by atomic mass is 10.4. The molecule has 0 aliphatic carbocycles. The maximum absolute atomic E-state index is 12.3. The summed E-state index contributed by atoms with van der Waals surface area (Å²) in [4.78, 5) is 5.21. The Morgan fingerprint density at radius 3 is 2.75 bits per heavy atom. The van der Waals surface area contributed by atoms with E-state index in [1.54, 1.807) is 13.1 Å². The first kappa shape index (κ1) is 14.9. The molecule has 0 aliphatic rings. The minimum Gasteiger partial charge on any atom is -0.381 e. The number of hydrogen-bond donors (Lipinski definition) is 2. The number of nitrogens with zero attached hydrogens (tertiary/aromatic N) is 3. The number of hydrogen-bond acceptors (Lipinski definition) is 6. The van der Waals surface area contributed by atoms with Crippen LogP contribution in [0, 0.1) is 6.92 Å². The van der Waals surface area contributed by atoms with Crippen molar-refractivity contribution in [1.82, 2.24) is 19.5 Å². The van der Waals surface area contributed by atoms with E-state index in [9.17, 15) is 8.42 Å². The SMILES string of the molecule is CCn1cc(S(=O)(=O)NC(C)c2ncc(C)s2)c(N)n1. The lowest BCUT2D eigenvalue weighted by Crippen LogP contribution is -2.27. The fourth-order valence-corrected chi connectivity index (χ4v) is 3.84. The summed E-state index contributed by atoms with van der Waals surface area (Å²) in [6, 6.07) is -0.414. The molecule has 2 aromatic heterocycles. The van der Waals surface area contributed by atoms with E-state index < -0.39 is 16.1 Å². The molecule has 0 bridgehead atoms. The van der Waals surface area contributed by atoms with Gasteiger partial charge in [-0.1, -0.05) is 0 Å². The quantitative estimate of drug-likeness (QED) is 0.865. The van der Waals surface area contributed by atoms with Crippen LogP contribution in [-0.4, -0.2) is 23.2 Å². The second-order valence-corrected chi connectivity index (χ2v) is 7.34. The van der Waals surface area contributed by atoms with Crippen LogP contribution in [0.25, 0.3) is 0 Å². The van der Waals surface area contributed by atoms with Gasteiger partial charge in [0, 0.05) is 23.8 Å². The molecule has 0 aromatic carbocycles. The third kappa shape index (κ3) is 3.00. The van der Waals surface area contributed by atoms with Gasteiger partial charge in [-0.25, -0.2) is 18.1 Å². The fourth-order valence-electron chi connectivity index (χ4n) is 1.71. The third-order valence-corrected chi connectivity index (χ3v) is 5.36. The van der Waals surface area contributed by atoms with Crippen LogP contribution in [0.4, 0.5) is 5.82 Å². The Morgan fingerprint density at radius 1 is 1.55 bits per heavy atom. The van der Waals surface area contributed by atoms with Crippen molar-refractivity contribution >= 4 is 27.2 Å². The summed E-state index contributed by atoms with van der Waals surface area (Å²) >= 11 is 1.46. The zero-order chi connectivity index (χ0) is 14.9. The van der Waals surface area contributed by atoms with Gasteiger partial charge in [-0.15, -0.1) is 11.3 Å². The van der Waals surface area contributed by atoms with Crippen molar-refractivity contribution in [3.8, 4) is 0 Å².